The maximum atomic E-state index is 10.7. The van der Waals surface area contributed by atoms with Gasteiger partial charge in [0.15, 0.2) is 0 Å². The van der Waals surface area contributed by atoms with E-state index in [-0.39, 0.29) is 5.97 Å². The molecule has 0 aliphatic rings. The highest BCUT2D eigenvalue weighted by atomic mass is 16.5. The highest BCUT2D eigenvalue weighted by molar-refractivity contribution is 5.68. The van der Waals surface area contributed by atoms with Crippen molar-refractivity contribution < 1.29 is 14.7 Å². The summed E-state index contributed by atoms with van der Waals surface area (Å²) >= 11 is 0. The van der Waals surface area contributed by atoms with Crippen molar-refractivity contribution >= 4 is 12.2 Å². The quantitative estimate of drug-likeness (QED) is 0.218. The van der Waals surface area contributed by atoms with Crippen molar-refractivity contribution in [3.63, 3.8) is 0 Å². The number of ether oxygens (including phenoxy) is 1. The third kappa shape index (κ3) is 8.85. The first-order valence-corrected chi connectivity index (χ1v) is 4.54. The molecule has 13 heavy (non-hydrogen) atoms. The summed E-state index contributed by atoms with van der Waals surface area (Å²) in [6, 6.07) is 0. The molecule has 0 radical (unpaired) electrons. The van der Waals surface area contributed by atoms with Crippen molar-refractivity contribution in [3.05, 3.63) is 0 Å². The number of oxime groups is 1. The molecular weight excluding hydrogens is 170 g/mol. The van der Waals surface area contributed by atoms with E-state index >= 15 is 0 Å². The number of hydrogen-bond donors (Lipinski definition) is 1. The number of methoxy groups -OCH3 is 1. The van der Waals surface area contributed by atoms with Gasteiger partial charge in [-0.15, -0.1) is 5.16 Å². The highest BCUT2D eigenvalue weighted by Crippen LogP contribution is 2.04. The van der Waals surface area contributed by atoms with Crippen molar-refractivity contribution in [2.75, 3.05) is 7.11 Å². The largest absolute Gasteiger partial charge is 0.469 e. The van der Waals surface area contributed by atoms with Crippen LogP contribution >= 0.6 is 0 Å². The lowest BCUT2D eigenvalue weighted by atomic mass is 10.1. The lowest BCUT2D eigenvalue weighted by molar-refractivity contribution is -0.140. The fourth-order valence-electron chi connectivity index (χ4n) is 1.02. The van der Waals surface area contributed by atoms with Crippen LogP contribution in [0.25, 0.3) is 0 Å². The number of unbranched alkanes of at least 4 members (excludes halogenated alkanes) is 4. The number of carbonyl (C=O) groups is 1. The van der Waals surface area contributed by atoms with Gasteiger partial charge in [0.2, 0.25) is 0 Å². The second kappa shape index (κ2) is 9.03. The Morgan fingerprint density at radius 3 is 2.69 bits per heavy atom. The predicted octanol–water partition coefficient (Wildman–Crippen LogP) is 1.96. The molecule has 4 nitrogen and oxygen atoms in total. The maximum absolute atomic E-state index is 10.7. The summed E-state index contributed by atoms with van der Waals surface area (Å²) < 4.78 is 4.50. The van der Waals surface area contributed by atoms with Crippen LogP contribution < -0.4 is 0 Å². The Kier molecular flexibility index (Phi) is 8.30. The van der Waals surface area contributed by atoms with Crippen LogP contribution in [0.3, 0.4) is 0 Å². The Bertz CT molecular complexity index is 157. The summed E-state index contributed by atoms with van der Waals surface area (Å²) in [6.07, 6.45) is 6.76. The van der Waals surface area contributed by atoms with Gasteiger partial charge in [0.05, 0.1) is 7.11 Å². The highest BCUT2D eigenvalue weighted by Gasteiger charge is 1.98. The van der Waals surface area contributed by atoms with Crippen molar-refractivity contribution in [3.8, 4) is 0 Å². The van der Waals surface area contributed by atoms with E-state index in [4.69, 9.17) is 5.21 Å². The van der Waals surface area contributed by atoms with Crippen LogP contribution in [0.2, 0.25) is 0 Å². The second-order valence-corrected chi connectivity index (χ2v) is 2.83. The first-order valence-electron chi connectivity index (χ1n) is 4.54. The lowest BCUT2D eigenvalue weighted by Gasteiger charge is -1.98. The van der Waals surface area contributed by atoms with E-state index in [1.165, 1.54) is 13.3 Å². The minimum absolute atomic E-state index is 0.142. The van der Waals surface area contributed by atoms with Crippen molar-refractivity contribution in [1.82, 2.24) is 0 Å². The molecule has 76 valence electrons. The van der Waals surface area contributed by atoms with Crippen molar-refractivity contribution in [2.24, 2.45) is 5.16 Å². The molecule has 0 rings (SSSR count). The van der Waals surface area contributed by atoms with Crippen LogP contribution in [0.4, 0.5) is 0 Å². The van der Waals surface area contributed by atoms with E-state index in [2.05, 4.69) is 9.89 Å². The number of hydrogen-bond acceptors (Lipinski definition) is 4. The number of rotatable bonds is 7. The molecule has 0 heterocycles. The van der Waals surface area contributed by atoms with E-state index in [0.29, 0.717) is 6.42 Å². The zero-order valence-corrected chi connectivity index (χ0v) is 8.03. The average Bonchev–Trinajstić information content (AvgIpc) is 2.16. The smallest absolute Gasteiger partial charge is 0.305 e. The first kappa shape index (κ1) is 11.9. The summed E-state index contributed by atoms with van der Waals surface area (Å²) in [5.41, 5.74) is 0. The van der Waals surface area contributed by atoms with Gasteiger partial charge in [0.1, 0.15) is 0 Å². The molecule has 4 heteroatoms. The molecule has 0 aromatic heterocycles. The van der Waals surface area contributed by atoms with E-state index < -0.39 is 0 Å². The van der Waals surface area contributed by atoms with Crippen LogP contribution in [0.1, 0.15) is 38.5 Å². The molecule has 0 amide bonds. The zero-order chi connectivity index (χ0) is 9.94. The summed E-state index contributed by atoms with van der Waals surface area (Å²) in [4.78, 5) is 10.7. The minimum Gasteiger partial charge on any atom is -0.469 e. The fraction of sp³-hybridized carbons (Fsp3) is 0.778. The van der Waals surface area contributed by atoms with E-state index in [1.54, 1.807) is 0 Å². The van der Waals surface area contributed by atoms with Gasteiger partial charge in [-0.1, -0.05) is 12.8 Å². The molecule has 0 aliphatic carbocycles. The monoisotopic (exact) mass is 187 g/mol. The number of nitrogens with zero attached hydrogens (tertiary/aromatic N) is 1. The van der Waals surface area contributed by atoms with Gasteiger partial charge in [-0.25, -0.2) is 0 Å². The molecule has 0 aliphatic heterocycles. The summed E-state index contributed by atoms with van der Waals surface area (Å²) in [5.74, 6) is -0.142. The zero-order valence-electron chi connectivity index (χ0n) is 8.03. The molecular formula is C9H17NO3. The summed E-state index contributed by atoms with van der Waals surface area (Å²) in [6.45, 7) is 0. The van der Waals surface area contributed by atoms with Crippen LogP contribution in [-0.2, 0) is 9.53 Å². The topological polar surface area (TPSA) is 58.9 Å². The minimum atomic E-state index is -0.142. The molecule has 0 bridgehead atoms. The van der Waals surface area contributed by atoms with Crippen LogP contribution in [0.15, 0.2) is 5.16 Å². The standard InChI is InChI=1S/C9H17NO3/c1-13-9(11)7-5-3-2-4-6-8-10-12/h8,12H,2-7H2,1H3/b10-8-. The third-order valence-corrected chi connectivity index (χ3v) is 1.77. The molecule has 0 aromatic rings. The molecule has 0 atom stereocenters. The molecule has 1 N–H and O–H groups in total. The molecule has 0 saturated heterocycles. The van der Waals surface area contributed by atoms with Crippen LogP contribution in [-0.4, -0.2) is 24.5 Å². The SMILES string of the molecule is COC(=O)CCCCCC/C=N\O. The second-order valence-electron chi connectivity index (χ2n) is 2.83. The van der Waals surface area contributed by atoms with E-state index in [0.717, 1.165) is 32.1 Å². The summed E-state index contributed by atoms with van der Waals surface area (Å²) in [5, 5.41) is 11.0. The third-order valence-electron chi connectivity index (χ3n) is 1.77. The Labute approximate surface area is 78.6 Å². The van der Waals surface area contributed by atoms with E-state index in [9.17, 15) is 4.79 Å². The Morgan fingerprint density at radius 2 is 2.08 bits per heavy atom. The lowest BCUT2D eigenvalue weighted by Crippen LogP contribution is -1.99. The van der Waals surface area contributed by atoms with Gasteiger partial charge in [-0.2, -0.15) is 0 Å². The Balaban J connectivity index is 3.03. The van der Waals surface area contributed by atoms with Gasteiger partial charge >= 0.3 is 5.97 Å². The molecule has 0 saturated carbocycles. The predicted molar refractivity (Wildman–Crippen MR) is 50.0 cm³/mol. The van der Waals surface area contributed by atoms with Gasteiger partial charge in [0.25, 0.3) is 0 Å². The molecule has 0 spiro atoms. The molecule has 0 aromatic carbocycles. The molecule has 0 fully saturated rings. The average molecular weight is 187 g/mol. The summed E-state index contributed by atoms with van der Waals surface area (Å²) in [7, 11) is 1.40. The number of esters is 1. The van der Waals surface area contributed by atoms with Crippen LogP contribution in [0, 0.1) is 0 Å². The Hall–Kier alpha value is -1.06. The van der Waals surface area contributed by atoms with E-state index in [1.807, 2.05) is 0 Å². The van der Waals surface area contributed by atoms with Gasteiger partial charge in [0, 0.05) is 12.6 Å². The normalized spacial score (nSPS) is 10.5. The number of carbonyl (C=O) groups excluding carboxylic acids is 1. The first-order chi connectivity index (χ1) is 6.31. The van der Waals surface area contributed by atoms with Crippen molar-refractivity contribution in [2.45, 2.75) is 38.5 Å². The molecule has 0 unspecified atom stereocenters. The van der Waals surface area contributed by atoms with Crippen molar-refractivity contribution in [1.29, 1.82) is 0 Å². The Morgan fingerprint density at radius 1 is 1.38 bits per heavy atom. The van der Waals surface area contributed by atoms with Crippen LogP contribution in [0.5, 0.6) is 0 Å². The fourth-order valence-corrected chi connectivity index (χ4v) is 1.02. The van der Waals surface area contributed by atoms with Gasteiger partial charge in [-0.05, 0) is 19.3 Å². The maximum Gasteiger partial charge on any atom is 0.305 e. The van der Waals surface area contributed by atoms with Gasteiger partial charge < -0.3 is 9.94 Å². The van der Waals surface area contributed by atoms with Gasteiger partial charge in [-0.3, -0.25) is 4.79 Å².